The third kappa shape index (κ3) is 3.55. The minimum atomic E-state index is -0.304. The van der Waals surface area contributed by atoms with Crippen LogP contribution in [0.15, 0.2) is 16.6 Å². The molecule has 1 rings (SSSR count). The lowest BCUT2D eigenvalue weighted by Gasteiger charge is -2.08. The van der Waals surface area contributed by atoms with Crippen LogP contribution in [0.1, 0.15) is 23.6 Å². The highest BCUT2D eigenvalue weighted by Crippen LogP contribution is 2.23. The summed E-state index contributed by atoms with van der Waals surface area (Å²) in [5, 5.41) is 8.96. The summed E-state index contributed by atoms with van der Waals surface area (Å²) < 4.78 is 5.55. The minimum absolute atomic E-state index is 0.156. The van der Waals surface area contributed by atoms with Crippen molar-refractivity contribution in [3.63, 3.8) is 0 Å². The van der Waals surface area contributed by atoms with E-state index in [4.69, 9.17) is 15.7 Å². The van der Waals surface area contributed by atoms with Crippen LogP contribution in [-0.2, 0) is 22.5 Å². The van der Waals surface area contributed by atoms with Crippen molar-refractivity contribution < 1.29 is 9.53 Å². The Balaban J connectivity index is 3.02. The largest absolute Gasteiger partial charge is 0.466 e. The Bertz CT molecular complexity index is 466. The number of rotatable bonds is 4. The van der Waals surface area contributed by atoms with E-state index in [9.17, 15) is 4.79 Å². The van der Waals surface area contributed by atoms with Gasteiger partial charge in [0, 0.05) is 11.0 Å². The van der Waals surface area contributed by atoms with Crippen LogP contribution in [-0.4, -0.2) is 12.6 Å². The van der Waals surface area contributed by atoms with Gasteiger partial charge in [0.05, 0.1) is 18.6 Å². The summed E-state index contributed by atoms with van der Waals surface area (Å²) in [5.74, 6) is -0.304. The number of nitrogens with two attached hydrogens (primary N) is 1. The zero-order chi connectivity index (χ0) is 12.8. The number of halogens is 1. The lowest BCUT2D eigenvalue weighted by molar-refractivity contribution is -0.142. The molecule has 0 saturated carbocycles. The van der Waals surface area contributed by atoms with Crippen LogP contribution in [0.4, 0.5) is 0 Å². The van der Waals surface area contributed by atoms with Gasteiger partial charge in [-0.2, -0.15) is 5.26 Å². The predicted octanol–water partition coefficient (Wildman–Crippen LogP) is 1.89. The molecule has 0 aliphatic carbocycles. The third-order valence-corrected chi connectivity index (χ3v) is 3.14. The first-order chi connectivity index (χ1) is 8.12. The summed E-state index contributed by atoms with van der Waals surface area (Å²) in [6, 6.07) is 5.54. The maximum absolute atomic E-state index is 11.3. The zero-order valence-corrected chi connectivity index (χ0v) is 11.1. The van der Waals surface area contributed by atoms with Gasteiger partial charge in [0.1, 0.15) is 6.07 Å². The maximum atomic E-state index is 11.3. The molecule has 90 valence electrons. The molecule has 0 atom stereocenters. The first-order valence-corrected chi connectivity index (χ1v) is 5.98. The van der Waals surface area contributed by atoms with Gasteiger partial charge >= 0.3 is 5.97 Å². The van der Waals surface area contributed by atoms with Crippen molar-refractivity contribution in [2.75, 3.05) is 6.61 Å². The molecule has 0 aromatic heterocycles. The number of nitriles is 1. The van der Waals surface area contributed by atoms with Crippen molar-refractivity contribution in [3.8, 4) is 6.07 Å². The first kappa shape index (κ1) is 13.7. The van der Waals surface area contributed by atoms with Gasteiger partial charge in [0.25, 0.3) is 0 Å². The van der Waals surface area contributed by atoms with Crippen molar-refractivity contribution in [1.29, 1.82) is 5.26 Å². The maximum Gasteiger partial charge on any atom is 0.310 e. The van der Waals surface area contributed by atoms with E-state index >= 15 is 0 Å². The molecule has 0 saturated heterocycles. The summed E-state index contributed by atoms with van der Waals surface area (Å²) >= 11 is 3.31. The number of esters is 1. The molecule has 5 heteroatoms. The Labute approximate surface area is 108 Å². The molecule has 0 spiro atoms. The van der Waals surface area contributed by atoms with E-state index in [0.29, 0.717) is 23.2 Å². The molecule has 4 nitrogen and oxygen atoms in total. The predicted molar refractivity (Wildman–Crippen MR) is 67.1 cm³/mol. The third-order valence-electron chi connectivity index (χ3n) is 2.20. The van der Waals surface area contributed by atoms with Crippen LogP contribution < -0.4 is 5.73 Å². The van der Waals surface area contributed by atoms with E-state index < -0.39 is 0 Å². The van der Waals surface area contributed by atoms with E-state index in [2.05, 4.69) is 22.0 Å². The summed E-state index contributed by atoms with van der Waals surface area (Å²) in [6.45, 7) is 2.42. The van der Waals surface area contributed by atoms with Crippen LogP contribution in [0.25, 0.3) is 0 Å². The molecular weight excluding hydrogens is 284 g/mol. The molecule has 17 heavy (non-hydrogen) atoms. The monoisotopic (exact) mass is 296 g/mol. The molecule has 0 aliphatic rings. The molecule has 1 aromatic carbocycles. The van der Waals surface area contributed by atoms with E-state index in [1.165, 1.54) is 0 Å². The molecule has 0 heterocycles. The highest BCUT2D eigenvalue weighted by atomic mass is 79.9. The topological polar surface area (TPSA) is 76.1 Å². The Hall–Kier alpha value is -1.38. The van der Waals surface area contributed by atoms with E-state index in [1.807, 2.05) is 6.07 Å². The van der Waals surface area contributed by atoms with Crippen molar-refractivity contribution in [1.82, 2.24) is 0 Å². The van der Waals surface area contributed by atoms with Gasteiger partial charge in [-0.1, -0.05) is 6.07 Å². The number of nitrogens with zero attached hydrogens (tertiary/aromatic N) is 1. The molecule has 2 N–H and O–H groups in total. The van der Waals surface area contributed by atoms with Gasteiger partial charge in [-0.25, -0.2) is 0 Å². The molecule has 1 aromatic rings. The molecule has 0 fully saturated rings. The highest BCUT2D eigenvalue weighted by Gasteiger charge is 2.10. The summed E-state index contributed by atoms with van der Waals surface area (Å²) in [7, 11) is 0. The lowest BCUT2D eigenvalue weighted by Crippen LogP contribution is -2.09. The molecular formula is C12H13BrN2O2. The van der Waals surface area contributed by atoms with Gasteiger partial charge in [-0.05, 0) is 40.0 Å². The Morgan fingerprint density at radius 2 is 2.29 bits per heavy atom. The average Bonchev–Trinajstić information content (AvgIpc) is 2.31. The lowest BCUT2D eigenvalue weighted by atomic mass is 10.0. The quantitative estimate of drug-likeness (QED) is 0.861. The van der Waals surface area contributed by atoms with Crippen molar-refractivity contribution >= 4 is 21.9 Å². The Morgan fingerprint density at radius 1 is 1.59 bits per heavy atom. The van der Waals surface area contributed by atoms with E-state index in [0.717, 1.165) is 11.1 Å². The Kier molecular flexibility index (Phi) is 5.13. The van der Waals surface area contributed by atoms with Crippen molar-refractivity contribution in [2.45, 2.75) is 19.9 Å². The molecule has 0 aliphatic heterocycles. The number of carbonyl (C=O) groups is 1. The standard InChI is InChI=1S/C12H13BrN2O2/c1-2-17-11(16)5-8-3-9(6-14)12(13)10(4-8)7-15/h3-4H,2,5-6,14H2,1H3. The number of hydrogen-bond donors (Lipinski definition) is 1. The fraction of sp³-hybridized carbons (Fsp3) is 0.333. The molecule has 0 bridgehead atoms. The average molecular weight is 297 g/mol. The van der Waals surface area contributed by atoms with E-state index in [1.54, 1.807) is 13.0 Å². The van der Waals surface area contributed by atoms with E-state index in [-0.39, 0.29) is 12.4 Å². The highest BCUT2D eigenvalue weighted by molar-refractivity contribution is 9.10. The van der Waals surface area contributed by atoms with Crippen LogP contribution in [0.2, 0.25) is 0 Å². The van der Waals surface area contributed by atoms with Gasteiger partial charge < -0.3 is 10.5 Å². The van der Waals surface area contributed by atoms with Gasteiger partial charge in [-0.3, -0.25) is 4.79 Å². The fourth-order valence-electron chi connectivity index (χ4n) is 1.46. The van der Waals surface area contributed by atoms with Crippen molar-refractivity contribution in [3.05, 3.63) is 33.3 Å². The van der Waals surface area contributed by atoms with Crippen LogP contribution in [0.5, 0.6) is 0 Å². The minimum Gasteiger partial charge on any atom is -0.466 e. The smallest absolute Gasteiger partial charge is 0.310 e. The second-order valence-corrected chi connectivity index (χ2v) is 4.21. The number of carbonyl (C=O) groups excluding carboxylic acids is 1. The van der Waals surface area contributed by atoms with Gasteiger partial charge in [-0.15, -0.1) is 0 Å². The number of benzene rings is 1. The second kappa shape index (κ2) is 6.38. The summed E-state index contributed by atoms with van der Waals surface area (Å²) in [6.07, 6.45) is 0.156. The zero-order valence-electron chi connectivity index (χ0n) is 9.50. The number of ether oxygens (including phenoxy) is 1. The first-order valence-electron chi connectivity index (χ1n) is 5.19. The molecule has 0 radical (unpaired) electrons. The van der Waals surface area contributed by atoms with Crippen LogP contribution in [0, 0.1) is 11.3 Å². The van der Waals surface area contributed by atoms with Gasteiger partial charge in [0.15, 0.2) is 0 Å². The molecule has 0 unspecified atom stereocenters. The normalized spacial score (nSPS) is 9.76. The summed E-state index contributed by atoms with van der Waals surface area (Å²) in [4.78, 5) is 11.3. The second-order valence-electron chi connectivity index (χ2n) is 3.41. The number of hydrogen-bond acceptors (Lipinski definition) is 4. The summed E-state index contributed by atoms with van der Waals surface area (Å²) in [5.41, 5.74) is 7.60. The molecule has 0 amide bonds. The fourth-order valence-corrected chi connectivity index (χ4v) is 1.94. The van der Waals surface area contributed by atoms with Crippen LogP contribution >= 0.6 is 15.9 Å². The SMILES string of the molecule is CCOC(=O)Cc1cc(C#N)c(Br)c(CN)c1. The van der Waals surface area contributed by atoms with Crippen molar-refractivity contribution in [2.24, 2.45) is 5.73 Å². The van der Waals surface area contributed by atoms with Gasteiger partial charge in [0.2, 0.25) is 0 Å². The van der Waals surface area contributed by atoms with Crippen LogP contribution in [0.3, 0.4) is 0 Å². The Morgan fingerprint density at radius 3 is 2.82 bits per heavy atom.